The van der Waals surface area contributed by atoms with E-state index in [2.05, 4.69) is 5.32 Å². The lowest BCUT2D eigenvalue weighted by molar-refractivity contribution is -0.262. The SMILES string of the molecule is CO[C@H]1O[C@H](CO)[C@@H](O)[C@H](O)[C@H]1NC(=O)[C@@H](N)C(C)(C)C. The number of nitrogens with two attached hydrogens (primary N) is 1. The van der Waals surface area contributed by atoms with Gasteiger partial charge in [0.1, 0.15) is 24.4 Å². The quantitative estimate of drug-likeness (QED) is 0.403. The Hall–Kier alpha value is -0.770. The van der Waals surface area contributed by atoms with E-state index in [1.807, 2.05) is 20.8 Å². The van der Waals surface area contributed by atoms with Crippen molar-refractivity contribution in [3.05, 3.63) is 0 Å². The van der Waals surface area contributed by atoms with Gasteiger partial charge in [-0.15, -0.1) is 0 Å². The molecule has 6 N–H and O–H groups in total. The van der Waals surface area contributed by atoms with Crippen LogP contribution in [-0.2, 0) is 14.3 Å². The number of aliphatic hydroxyl groups is 3. The molecular formula is C13H26N2O6. The van der Waals surface area contributed by atoms with Gasteiger partial charge in [-0.3, -0.25) is 4.79 Å². The van der Waals surface area contributed by atoms with Crippen LogP contribution in [0.5, 0.6) is 0 Å². The zero-order valence-corrected chi connectivity index (χ0v) is 12.8. The minimum atomic E-state index is -1.34. The molecule has 1 fully saturated rings. The second-order valence-corrected chi connectivity index (χ2v) is 6.32. The lowest BCUT2D eigenvalue weighted by Gasteiger charge is -2.42. The van der Waals surface area contributed by atoms with Gasteiger partial charge in [-0.25, -0.2) is 0 Å². The number of carbonyl (C=O) groups is 1. The summed E-state index contributed by atoms with van der Waals surface area (Å²) in [7, 11) is 1.34. The zero-order chi connectivity index (χ0) is 16.4. The third-order valence-electron chi connectivity index (χ3n) is 3.64. The number of ether oxygens (including phenoxy) is 2. The predicted molar refractivity (Wildman–Crippen MR) is 74.1 cm³/mol. The van der Waals surface area contributed by atoms with E-state index in [9.17, 15) is 15.0 Å². The van der Waals surface area contributed by atoms with Crippen LogP contribution in [-0.4, -0.2) is 71.6 Å². The van der Waals surface area contributed by atoms with Crippen LogP contribution in [0.3, 0.4) is 0 Å². The molecule has 0 aromatic rings. The van der Waals surface area contributed by atoms with Crippen LogP contribution in [0.1, 0.15) is 20.8 Å². The average Bonchev–Trinajstić information content (AvgIpc) is 2.42. The highest BCUT2D eigenvalue weighted by Crippen LogP contribution is 2.23. The Labute approximate surface area is 124 Å². The number of carbonyl (C=O) groups excluding carboxylic acids is 1. The first-order chi connectivity index (χ1) is 9.63. The van der Waals surface area contributed by atoms with E-state index in [0.29, 0.717) is 0 Å². The molecule has 6 atom stereocenters. The minimum absolute atomic E-state index is 0.459. The smallest absolute Gasteiger partial charge is 0.237 e. The van der Waals surface area contributed by atoms with Gasteiger partial charge >= 0.3 is 0 Å². The van der Waals surface area contributed by atoms with Crippen molar-refractivity contribution in [2.24, 2.45) is 11.1 Å². The molecule has 0 aliphatic carbocycles. The van der Waals surface area contributed by atoms with Gasteiger partial charge in [0.25, 0.3) is 0 Å². The summed E-state index contributed by atoms with van der Waals surface area (Å²) in [6.45, 7) is 4.97. The number of methoxy groups -OCH3 is 1. The summed E-state index contributed by atoms with van der Waals surface area (Å²) in [5.74, 6) is -0.480. The maximum absolute atomic E-state index is 12.1. The van der Waals surface area contributed by atoms with Gasteiger partial charge in [-0.1, -0.05) is 20.8 Å². The Morgan fingerprint density at radius 3 is 2.38 bits per heavy atom. The molecule has 0 aromatic carbocycles. The summed E-state index contributed by atoms with van der Waals surface area (Å²) in [5.41, 5.74) is 5.40. The molecule has 1 aliphatic heterocycles. The molecule has 0 bridgehead atoms. The van der Waals surface area contributed by atoms with Crippen molar-refractivity contribution in [2.45, 2.75) is 57.5 Å². The van der Waals surface area contributed by atoms with Gasteiger partial charge in [0.05, 0.1) is 12.6 Å². The van der Waals surface area contributed by atoms with Gasteiger partial charge in [0.15, 0.2) is 6.29 Å². The Balaban J connectivity index is 2.82. The van der Waals surface area contributed by atoms with Crippen LogP contribution in [0.25, 0.3) is 0 Å². The van der Waals surface area contributed by atoms with E-state index in [1.165, 1.54) is 7.11 Å². The molecule has 1 saturated heterocycles. The summed E-state index contributed by atoms with van der Waals surface area (Å²) in [4.78, 5) is 12.1. The molecular weight excluding hydrogens is 280 g/mol. The molecule has 0 saturated carbocycles. The fraction of sp³-hybridized carbons (Fsp3) is 0.923. The molecule has 8 nitrogen and oxygen atoms in total. The van der Waals surface area contributed by atoms with Crippen LogP contribution >= 0.6 is 0 Å². The number of hydrogen-bond donors (Lipinski definition) is 5. The van der Waals surface area contributed by atoms with Crippen LogP contribution in [0, 0.1) is 5.41 Å². The second kappa shape index (κ2) is 6.99. The molecule has 8 heteroatoms. The average molecular weight is 306 g/mol. The third kappa shape index (κ3) is 4.12. The van der Waals surface area contributed by atoms with Crippen molar-refractivity contribution in [1.82, 2.24) is 5.32 Å². The highest BCUT2D eigenvalue weighted by molar-refractivity contribution is 5.82. The molecule has 124 valence electrons. The van der Waals surface area contributed by atoms with Crippen molar-refractivity contribution < 1.29 is 29.6 Å². The van der Waals surface area contributed by atoms with Crippen molar-refractivity contribution in [3.8, 4) is 0 Å². The van der Waals surface area contributed by atoms with E-state index in [0.717, 1.165) is 0 Å². The highest BCUT2D eigenvalue weighted by atomic mass is 16.7. The number of rotatable bonds is 4. The van der Waals surface area contributed by atoms with Crippen molar-refractivity contribution in [2.75, 3.05) is 13.7 Å². The maximum atomic E-state index is 12.1. The summed E-state index contributed by atoms with van der Waals surface area (Å²) in [6.07, 6.45) is -4.64. The van der Waals surface area contributed by atoms with E-state index < -0.39 is 54.6 Å². The monoisotopic (exact) mass is 306 g/mol. The number of nitrogens with one attached hydrogen (secondary N) is 1. The lowest BCUT2D eigenvalue weighted by atomic mass is 9.86. The van der Waals surface area contributed by atoms with E-state index in [4.69, 9.17) is 20.3 Å². The Morgan fingerprint density at radius 2 is 1.95 bits per heavy atom. The molecule has 1 aliphatic rings. The first kappa shape index (κ1) is 18.3. The van der Waals surface area contributed by atoms with E-state index >= 15 is 0 Å². The first-order valence-corrected chi connectivity index (χ1v) is 6.84. The standard InChI is InChI=1S/C13H26N2O6/c1-13(2,3)10(14)11(19)15-7-9(18)8(17)6(5-16)21-12(7)20-4/h6-10,12,16-18H,5,14H2,1-4H3,(H,15,19)/t6-,7-,8-,9-,10-,12+/m1/s1. The molecule has 1 rings (SSSR count). The molecule has 0 unspecified atom stereocenters. The fourth-order valence-corrected chi connectivity index (χ4v) is 2.08. The summed E-state index contributed by atoms with van der Waals surface area (Å²) >= 11 is 0. The molecule has 1 heterocycles. The largest absolute Gasteiger partial charge is 0.394 e. The first-order valence-electron chi connectivity index (χ1n) is 6.84. The molecule has 0 aromatic heterocycles. The second-order valence-electron chi connectivity index (χ2n) is 6.32. The maximum Gasteiger partial charge on any atom is 0.237 e. The Morgan fingerprint density at radius 1 is 1.38 bits per heavy atom. The van der Waals surface area contributed by atoms with Crippen LogP contribution in [0.15, 0.2) is 0 Å². The summed E-state index contributed by atoms with van der Waals surface area (Å²) in [5, 5.41) is 31.6. The minimum Gasteiger partial charge on any atom is -0.394 e. The molecule has 1 amide bonds. The third-order valence-corrected chi connectivity index (χ3v) is 3.64. The lowest BCUT2D eigenvalue weighted by Crippen LogP contribution is -2.66. The normalized spacial score (nSPS) is 35.3. The number of aliphatic hydroxyl groups excluding tert-OH is 3. The zero-order valence-electron chi connectivity index (χ0n) is 12.8. The Bertz CT molecular complexity index is 357. The van der Waals surface area contributed by atoms with E-state index in [1.54, 1.807) is 0 Å². The topological polar surface area (TPSA) is 134 Å². The van der Waals surface area contributed by atoms with Gasteiger partial charge in [0, 0.05) is 7.11 Å². The number of hydrogen-bond acceptors (Lipinski definition) is 7. The number of amides is 1. The summed E-state index contributed by atoms with van der Waals surface area (Å²) < 4.78 is 10.4. The van der Waals surface area contributed by atoms with Gasteiger partial charge in [0.2, 0.25) is 5.91 Å². The molecule has 21 heavy (non-hydrogen) atoms. The predicted octanol–water partition coefficient (Wildman–Crippen LogP) is -2.07. The van der Waals surface area contributed by atoms with Gasteiger partial charge in [-0.05, 0) is 5.41 Å². The van der Waals surface area contributed by atoms with Crippen molar-refractivity contribution in [3.63, 3.8) is 0 Å². The fourth-order valence-electron chi connectivity index (χ4n) is 2.08. The summed E-state index contributed by atoms with van der Waals surface area (Å²) in [6, 6.07) is -1.77. The molecule has 0 radical (unpaired) electrons. The highest BCUT2D eigenvalue weighted by Gasteiger charge is 2.46. The van der Waals surface area contributed by atoms with Crippen LogP contribution < -0.4 is 11.1 Å². The van der Waals surface area contributed by atoms with Crippen LogP contribution in [0.4, 0.5) is 0 Å². The van der Waals surface area contributed by atoms with Crippen LogP contribution in [0.2, 0.25) is 0 Å². The van der Waals surface area contributed by atoms with Crippen molar-refractivity contribution in [1.29, 1.82) is 0 Å². The Kier molecular flexibility index (Phi) is 6.09. The molecule has 0 spiro atoms. The van der Waals surface area contributed by atoms with Gasteiger partial charge < -0.3 is 35.8 Å². The van der Waals surface area contributed by atoms with Gasteiger partial charge in [-0.2, -0.15) is 0 Å². The van der Waals surface area contributed by atoms with E-state index in [-0.39, 0.29) is 0 Å². The van der Waals surface area contributed by atoms with Crippen molar-refractivity contribution >= 4 is 5.91 Å².